The summed E-state index contributed by atoms with van der Waals surface area (Å²) in [4.78, 5) is 26.3. The van der Waals surface area contributed by atoms with Gasteiger partial charge in [-0.2, -0.15) is 0 Å². The fourth-order valence-electron chi connectivity index (χ4n) is 1.88. The highest BCUT2D eigenvalue weighted by atomic mass is 16.4. The van der Waals surface area contributed by atoms with Crippen LogP contribution in [0.25, 0.3) is 0 Å². The molecule has 2 unspecified atom stereocenters. The van der Waals surface area contributed by atoms with Crippen LogP contribution < -0.4 is 10.6 Å². The van der Waals surface area contributed by atoms with Gasteiger partial charge in [-0.3, -0.25) is 4.79 Å². The van der Waals surface area contributed by atoms with E-state index in [9.17, 15) is 9.59 Å². The number of nitrogens with zero attached hydrogens (tertiary/aromatic N) is 2. The monoisotopic (exact) mass is 282 g/mol. The van der Waals surface area contributed by atoms with Crippen LogP contribution in [-0.4, -0.2) is 39.2 Å². The number of aliphatic carboxylic acids is 1. The Kier molecular flexibility index (Phi) is 6.55. The molecule has 0 aliphatic rings. The van der Waals surface area contributed by atoms with Crippen molar-refractivity contribution in [3.05, 3.63) is 18.7 Å². The third-order valence-electron chi connectivity index (χ3n) is 3.01. The van der Waals surface area contributed by atoms with Crippen molar-refractivity contribution in [1.29, 1.82) is 0 Å². The van der Waals surface area contributed by atoms with Gasteiger partial charge in [0.25, 0.3) is 0 Å². The number of carbonyl (C=O) groups excluding carboxylic acids is 1. The van der Waals surface area contributed by atoms with Gasteiger partial charge in [0.15, 0.2) is 0 Å². The van der Waals surface area contributed by atoms with Crippen LogP contribution >= 0.6 is 0 Å². The highest BCUT2D eigenvalue weighted by Crippen LogP contribution is 2.06. The van der Waals surface area contributed by atoms with Crippen molar-refractivity contribution < 1.29 is 14.7 Å². The second kappa shape index (κ2) is 8.19. The number of carbonyl (C=O) groups is 2. The van der Waals surface area contributed by atoms with E-state index in [2.05, 4.69) is 15.6 Å². The number of carboxylic acids is 1. The van der Waals surface area contributed by atoms with E-state index in [1.54, 1.807) is 12.5 Å². The topological polar surface area (TPSA) is 96.3 Å². The molecule has 0 aliphatic heterocycles. The van der Waals surface area contributed by atoms with Gasteiger partial charge < -0.3 is 20.3 Å². The fraction of sp³-hybridized carbons (Fsp3) is 0.615. The summed E-state index contributed by atoms with van der Waals surface area (Å²) in [6.45, 7) is 4.81. The molecule has 1 heterocycles. The molecule has 1 aromatic rings. The minimum Gasteiger partial charge on any atom is -0.481 e. The molecule has 7 heteroatoms. The molecule has 0 aliphatic carbocycles. The lowest BCUT2D eigenvalue weighted by Crippen LogP contribution is -2.44. The lowest BCUT2D eigenvalue weighted by molar-refractivity contribution is -0.138. The molecule has 2 atom stereocenters. The Balaban J connectivity index is 2.26. The zero-order chi connectivity index (χ0) is 15.0. The first-order chi connectivity index (χ1) is 9.51. The van der Waals surface area contributed by atoms with E-state index in [1.807, 2.05) is 24.6 Å². The quantitative estimate of drug-likeness (QED) is 0.664. The lowest BCUT2D eigenvalue weighted by atomic mass is 10.0. The van der Waals surface area contributed by atoms with Gasteiger partial charge in [-0.05, 0) is 12.8 Å². The molecule has 0 saturated carbocycles. The van der Waals surface area contributed by atoms with Crippen molar-refractivity contribution >= 4 is 12.0 Å². The molecule has 0 fully saturated rings. The predicted molar refractivity (Wildman–Crippen MR) is 74.3 cm³/mol. The van der Waals surface area contributed by atoms with E-state index in [1.165, 1.54) is 0 Å². The average Bonchev–Trinajstić information content (AvgIpc) is 2.86. The van der Waals surface area contributed by atoms with Crippen LogP contribution in [0.15, 0.2) is 18.7 Å². The molecule has 0 aromatic carbocycles. The Bertz CT molecular complexity index is 419. The molecule has 2 amide bonds. The van der Waals surface area contributed by atoms with E-state index in [0.717, 1.165) is 6.42 Å². The third-order valence-corrected chi connectivity index (χ3v) is 3.01. The lowest BCUT2D eigenvalue weighted by Gasteiger charge is -2.17. The van der Waals surface area contributed by atoms with Crippen LogP contribution in [0.1, 0.15) is 26.7 Å². The number of amides is 2. The highest BCUT2D eigenvalue weighted by molar-refractivity contribution is 5.74. The van der Waals surface area contributed by atoms with Crippen molar-refractivity contribution in [2.45, 2.75) is 39.3 Å². The van der Waals surface area contributed by atoms with Crippen molar-refractivity contribution in [3.63, 3.8) is 0 Å². The van der Waals surface area contributed by atoms with Crippen LogP contribution in [0.5, 0.6) is 0 Å². The molecule has 112 valence electrons. The summed E-state index contributed by atoms with van der Waals surface area (Å²) >= 11 is 0. The van der Waals surface area contributed by atoms with Crippen molar-refractivity contribution in [1.82, 2.24) is 20.2 Å². The molecule has 1 aromatic heterocycles. The first kappa shape index (κ1) is 16.0. The number of carboxylic acid groups (broad SMARTS) is 1. The average molecular weight is 282 g/mol. The molecule has 0 radical (unpaired) electrons. The van der Waals surface area contributed by atoms with Gasteiger partial charge in [-0.15, -0.1) is 0 Å². The van der Waals surface area contributed by atoms with Crippen LogP contribution in [0.3, 0.4) is 0 Å². The van der Waals surface area contributed by atoms with Gasteiger partial charge in [0.1, 0.15) is 0 Å². The van der Waals surface area contributed by atoms with Crippen LogP contribution in [0.4, 0.5) is 4.79 Å². The van der Waals surface area contributed by atoms with E-state index in [4.69, 9.17) is 5.11 Å². The largest absolute Gasteiger partial charge is 0.481 e. The zero-order valence-electron chi connectivity index (χ0n) is 11.9. The van der Waals surface area contributed by atoms with Crippen LogP contribution in [0, 0.1) is 5.92 Å². The van der Waals surface area contributed by atoms with Gasteiger partial charge in [-0.1, -0.05) is 13.3 Å². The maximum absolute atomic E-state index is 11.7. The number of urea groups is 1. The second-order valence-electron chi connectivity index (χ2n) is 4.89. The number of hydrogen-bond donors (Lipinski definition) is 3. The van der Waals surface area contributed by atoms with Crippen molar-refractivity contribution in [3.8, 4) is 0 Å². The van der Waals surface area contributed by atoms with E-state index in [0.29, 0.717) is 13.1 Å². The van der Waals surface area contributed by atoms with Gasteiger partial charge >= 0.3 is 12.0 Å². The Morgan fingerprint density at radius 3 is 2.75 bits per heavy atom. The summed E-state index contributed by atoms with van der Waals surface area (Å²) in [6.07, 6.45) is 6.00. The van der Waals surface area contributed by atoms with Gasteiger partial charge in [-0.25, -0.2) is 9.78 Å². The summed E-state index contributed by atoms with van der Waals surface area (Å²) in [7, 11) is 0. The zero-order valence-corrected chi connectivity index (χ0v) is 11.9. The van der Waals surface area contributed by atoms with E-state index in [-0.39, 0.29) is 24.4 Å². The fourth-order valence-corrected chi connectivity index (χ4v) is 1.88. The summed E-state index contributed by atoms with van der Waals surface area (Å²) in [5, 5.41) is 14.2. The second-order valence-corrected chi connectivity index (χ2v) is 4.89. The highest BCUT2D eigenvalue weighted by Gasteiger charge is 2.13. The minimum atomic E-state index is -0.840. The molecule has 20 heavy (non-hydrogen) atoms. The van der Waals surface area contributed by atoms with Gasteiger partial charge in [0.05, 0.1) is 6.33 Å². The van der Waals surface area contributed by atoms with E-state index < -0.39 is 5.97 Å². The van der Waals surface area contributed by atoms with Gasteiger partial charge in [0.2, 0.25) is 0 Å². The first-order valence-electron chi connectivity index (χ1n) is 6.73. The van der Waals surface area contributed by atoms with Gasteiger partial charge in [0, 0.05) is 37.9 Å². The van der Waals surface area contributed by atoms with Crippen molar-refractivity contribution in [2.24, 2.45) is 5.92 Å². The summed E-state index contributed by atoms with van der Waals surface area (Å²) in [5.74, 6) is -0.880. The smallest absolute Gasteiger partial charge is 0.315 e. The molecule has 3 N–H and O–H groups in total. The molecule has 0 spiro atoms. The molecule has 7 nitrogen and oxygen atoms in total. The Morgan fingerprint density at radius 1 is 1.45 bits per heavy atom. The van der Waals surface area contributed by atoms with Crippen LogP contribution in [0.2, 0.25) is 0 Å². The molecule has 1 rings (SSSR count). The number of hydrogen-bond acceptors (Lipinski definition) is 3. The molecule has 0 bridgehead atoms. The van der Waals surface area contributed by atoms with Crippen LogP contribution in [-0.2, 0) is 11.3 Å². The minimum absolute atomic E-state index is 0.0382. The number of rotatable bonds is 8. The molecular weight excluding hydrogens is 260 g/mol. The Morgan fingerprint density at radius 2 is 2.20 bits per heavy atom. The van der Waals surface area contributed by atoms with E-state index >= 15 is 0 Å². The summed E-state index contributed by atoms with van der Waals surface area (Å²) in [5.41, 5.74) is 0. The molecular formula is C13H22N4O3. The first-order valence-corrected chi connectivity index (χ1v) is 6.73. The predicted octanol–water partition coefficient (Wildman–Crippen LogP) is 1.07. The molecule has 0 saturated heterocycles. The summed E-state index contributed by atoms with van der Waals surface area (Å²) < 4.78 is 1.88. The standard InChI is InChI=1S/C13H22N4O3/c1-3-11(6-12(18)19)7-15-13(20)16-10(2)8-17-5-4-14-9-17/h4-5,9-11H,3,6-8H2,1-2H3,(H,18,19)(H2,15,16,20). The SMILES string of the molecule is CCC(CNC(=O)NC(C)Cn1ccnc1)CC(=O)O. The number of nitrogens with one attached hydrogen (secondary N) is 2. The number of imidazole rings is 1. The number of aromatic nitrogens is 2. The normalized spacial score (nSPS) is 13.5. The Labute approximate surface area is 118 Å². The third kappa shape index (κ3) is 6.21. The van der Waals surface area contributed by atoms with Crippen molar-refractivity contribution in [2.75, 3.05) is 6.54 Å². The Hall–Kier alpha value is -2.05. The maximum atomic E-state index is 11.7. The maximum Gasteiger partial charge on any atom is 0.315 e. The summed E-state index contributed by atoms with van der Waals surface area (Å²) in [6, 6.07) is -0.315.